The first kappa shape index (κ1) is 18.2. The smallest absolute Gasteiger partial charge is 0.234 e. The van der Waals surface area contributed by atoms with E-state index in [1.807, 2.05) is 29.2 Å². The average Bonchev–Trinajstić information content (AvgIpc) is 3.07. The van der Waals surface area contributed by atoms with Crippen LogP contribution in [0.5, 0.6) is 5.75 Å². The molecule has 1 aliphatic rings. The van der Waals surface area contributed by atoms with E-state index in [1.165, 1.54) is 12.1 Å². The highest BCUT2D eigenvalue weighted by Crippen LogP contribution is 2.22. The number of para-hydroxylation sites is 1. The van der Waals surface area contributed by atoms with Crippen molar-refractivity contribution in [3.63, 3.8) is 0 Å². The molecule has 2 heterocycles. The minimum Gasteiger partial charge on any atom is -0.492 e. The molecule has 144 valence electrons. The number of ether oxygens (including phenoxy) is 1. The molecule has 0 spiro atoms. The van der Waals surface area contributed by atoms with Gasteiger partial charge in [-0.15, -0.1) is 0 Å². The van der Waals surface area contributed by atoms with Crippen LogP contribution >= 0.6 is 0 Å². The number of nitrogens with one attached hydrogen (secondary N) is 1. The van der Waals surface area contributed by atoms with Gasteiger partial charge in [-0.2, -0.15) is 0 Å². The van der Waals surface area contributed by atoms with Gasteiger partial charge in [0.05, 0.1) is 13.1 Å². The van der Waals surface area contributed by atoms with Gasteiger partial charge in [-0.25, -0.2) is 4.39 Å². The summed E-state index contributed by atoms with van der Waals surface area (Å²) in [6, 6.07) is 15.7. The predicted octanol–water partition coefficient (Wildman–Crippen LogP) is 2.99. The minimum absolute atomic E-state index is 0.108. The number of fused-ring (bicyclic) bond motifs is 1. The van der Waals surface area contributed by atoms with Crippen LogP contribution in [0.3, 0.4) is 0 Å². The zero-order valence-electron chi connectivity index (χ0n) is 15.2. The maximum atomic E-state index is 13.3. The van der Waals surface area contributed by atoms with Crippen LogP contribution in [0.1, 0.15) is 11.3 Å². The molecule has 0 saturated carbocycles. The van der Waals surface area contributed by atoms with Gasteiger partial charge < -0.3 is 14.6 Å². The van der Waals surface area contributed by atoms with Gasteiger partial charge in [-0.3, -0.25) is 9.69 Å². The molecule has 0 unspecified atom stereocenters. The number of halogens is 1. The van der Waals surface area contributed by atoms with Gasteiger partial charge in [-0.05, 0) is 18.2 Å². The summed E-state index contributed by atoms with van der Waals surface area (Å²) in [5, 5.41) is 6.78. The number of rotatable bonds is 5. The van der Waals surface area contributed by atoms with Crippen molar-refractivity contribution < 1.29 is 18.4 Å². The molecule has 0 bridgehead atoms. The highest BCUT2D eigenvalue weighted by molar-refractivity contribution is 5.78. The Labute approximate surface area is 161 Å². The normalized spacial score (nSPS) is 14.0. The molecule has 0 aliphatic carbocycles. The molecule has 1 aliphatic heterocycles. The zero-order chi connectivity index (χ0) is 19.3. The molecule has 1 aromatic heterocycles. The average molecular weight is 381 g/mol. The van der Waals surface area contributed by atoms with Crippen LogP contribution in [0.2, 0.25) is 0 Å². The van der Waals surface area contributed by atoms with E-state index in [0.29, 0.717) is 36.7 Å². The summed E-state index contributed by atoms with van der Waals surface area (Å²) in [7, 11) is 0. The van der Waals surface area contributed by atoms with Gasteiger partial charge in [0.2, 0.25) is 5.91 Å². The number of hydrogen-bond donors (Lipinski definition) is 1. The zero-order valence-corrected chi connectivity index (χ0v) is 15.2. The molecule has 0 radical (unpaired) electrons. The Hall–Kier alpha value is -3.19. The van der Waals surface area contributed by atoms with E-state index in [-0.39, 0.29) is 24.8 Å². The molecule has 3 aromatic rings. The molecule has 1 amide bonds. The Balaban J connectivity index is 1.31. The molecule has 2 aromatic carbocycles. The third-order valence-electron chi connectivity index (χ3n) is 4.54. The molecule has 0 fully saturated rings. The molecular weight excluding hydrogens is 361 g/mol. The molecular formula is C21H20FN3O3. The molecule has 7 heteroatoms. The topological polar surface area (TPSA) is 67.6 Å². The number of carbonyl (C=O) groups excluding carboxylic acids is 1. The fraction of sp³-hybridized carbons (Fsp3) is 0.238. The number of nitrogens with zero attached hydrogens (tertiary/aromatic N) is 2. The summed E-state index contributed by atoms with van der Waals surface area (Å²) in [6.45, 7) is 2.37. The van der Waals surface area contributed by atoms with E-state index >= 15 is 0 Å². The first-order valence-electron chi connectivity index (χ1n) is 9.09. The largest absolute Gasteiger partial charge is 0.492 e. The SMILES string of the molecule is O=C(CN1CCOc2ccccc2C1)NCc1cc(-c2cccc(F)c2)no1. The van der Waals surface area contributed by atoms with Crippen molar-refractivity contribution in [1.82, 2.24) is 15.4 Å². The van der Waals surface area contributed by atoms with Crippen molar-refractivity contribution >= 4 is 5.91 Å². The lowest BCUT2D eigenvalue weighted by atomic mass is 10.1. The molecule has 0 saturated heterocycles. The van der Waals surface area contributed by atoms with Crippen molar-refractivity contribution in [3.05, 3.63) is 71.7 Å². The maximum Gasteiger partial charge on any atom is 0.234 e. The number of aromatic nitrogens is 1. The van der Waals surface area contributed by atoms with Gasteiger partial charge in [0, 0.05) is 30.3 Å². The Morgan fingerprint density at radius 2 is 2.07 bits per heavy atom. The lowest BCUT2D eigenvalue weighted by Crippen LogP contribution is -2.37. The van der Waals surface area contributed by atoms with Gasteiger partial charge in [0.15, 0.2) is 5.76 Å². The standard InChI is InChI=1S/C21H20FN3O3/c22-17-6-3-5-15(10-17)19-11-18(28-24-19)12-23-21(26)14-25-8-9-27-20-7-2-1-4-16(20)13-25/h1-7,10-11H,8-9,12-14H2,(H,23,26). The number of amides is 1. The van der Waals surface area contributed by atoms with Crippen LogP contribution in [-0.4, -0.2) is 35.7 Å². The molecule has 0 atom stereocenters. The molecule has 6 nitrogen and oxygen atoms in total. The van der Waals surface area contributed by atoms with Crippen LogP contribution in [0.25, 0.3) is 11.3 Å². The lowest BCUT2D eigenvalue weighted by Gasteiger charge is -2.18. The highest BCUT2D eigenvalue weighted by Gasteiger charge is 2.17. The molecule has 28 heavy (non-hydrogen) atoms. The second-order valence-corrected chi connectivity index (χ2v) is 6.63. The Morgan fingerprint density at radius 3 is 2.96 bits per heavy atom. The van der Waals surface area contributed by atoms with Gasteiger partial charge in [-0.1, -0.05) is 35.5 Å². The van der Waals surface area contributed by atoms with Crippen LogP contribution < -0.4 is 10.1 Å². The van der Waals surface area contributed by atoms with Gasteiger partial charge in [0.1, 0.15) is 23.9 Å². The van der Waals surface area contributed by atoms with Crippen molar-refractivity contribution in [2.24, 2.45) is 0 Å². The summed E-state index contributed by atoms with van der Waals surface area (Å²) in [6.07, 6.45) is 0. The quantitative estimate of drug-likeness (QED) is 0.736. The number of carbonyl (C=O) groups is 1. The van der Waals surface area contributed by atoms with E-state index < -0.39 is 0 Å². The second kappa shape index (κ2) is 8.22. The summed E-state index contributed by atoms with van der Waals surface area (Å²) in [5.41, 5.74) is 2.23. The van der Waals surface area contributed by atoms with E-state index in [1.54, 1.807) is 18.2 Å². The Morgan fingerprint density at radius 1 is 1.18 bits per heavy atom. The minimum atomic E-state index is -0.335. The molecule has 1 N–H and O–H groups in total. The first-order chi connectivity index (χ1) is 13.7. The highest BCUT2D eigenvalue weighted by atomic mass is 19.1. The lowest BCUT2D eigenvalue weighted by molar-refractivity contribution is -0.122. The first-order valence-corrected chi connectivity index (χ1v) is 9.09. The predicted molar refractivity (Wildman–Crippen MR) is 101 cm³/mol. The second-order valence-electron chi connectivity index (χ2n) is 6.63. The number of hydrogen-bond acceptors (Lipinski definition) is 5. The van der Waals surface area contributed by atoms with Gasteiger partial charge >= 0.3 is 0 Å². The fourth-order valence-electron chi connectivity index (χ4n) is 3.14. The summed E-state index contributed by atoms with van der Waals surface area (Å²) < 4.78 is 24.3. The summed E-state index contributed by atoms with van der Waals surface area (Å²) >= 11 is 0. The maximum absolute atomic E-state index is 13.3. The van der Waals surface area contributed by atoms with E-state index in [2.05, 4.69) is 10.5 Å². The van der Waals surface area contributed by atoms with E-state index in [4.69, 9.17) is 9.26 Å². The van der Waals surface area contributed by atoms with Crippen LogP contribution in [0.4, 0.5) is 4.39 Å². The third kappa shape index (κ3) is 4.37. The van der Waals surface area contributed by atoms with Crippen LogP contribution in [0, 0.1) is 5.82 Å². The van der Waals surface area contributed by atoms with Crippen molar-refractivity contribution in [2.75, 3.05) is 19.7 Å². The van der Waals surface area contributed by atoms with E-state index in [0.717, 1.165) is 11.3 Å². The third-order valence-corrected chi connectivity index (χ3v) is 4.54. The summed E-state index contributed by atoms with van der Waals surface area (Å²) in [4.78, 5) is 14.4. The number of benzene rings is 2. The van der Waals surface area contributed by atoms with Crippen molar-refractivity contribution in [2.45, 2.75) is 13.1 Å². The van der Waals surface area contributed by atoms with Gasteiger partial charge in [0.25, 0.3) is 0 Å². The van der Waals surface area contributed by atoms with Crippen molar-refractivity contribution in [3.8, 4) is 17.0 Å². The molecule has 4 rings (SSSR count). The Kier molecular flexibility index (Phi) is 5.34. The monoisotopic (exact) mass is 381 g/mol. The summed E-state index contributed by atoms with van der Waals surface area (Å²) in [5.74, 6) is 0.940. The van der Waals surface area contributed by atoms with E-state index in [9.17, 15) is 9.18 Å². The Bertz CT molecular complexity index is 973. The van der Waals surface area contributed by atoms with Crippen molar-refractivity contribution in [1.29, 1.82) is 0 Å². The fourth-order valence-corrected chi connectivity index (χ4v) is 3.14. The van der Waals surface area contributed by atoms with Crippen LogP contribution in [0.15, 0.2) is 59.1 Å². The van der Waals surface area contributed by atoms with Crippen LogP contribution in [-0.2, 0) is 17.9 Å².